The fraction of sp³-hybridized carbons (Fsp3) is 0.615. The van der Waals surface area contributed by atoms with Crippen LogP contribution in [0.3, 0.4) is 0 Å². The molecule has 1 atom stereocenters. The van der Waals surface area contributed by atoms with Crippen molar-refractivity contribution < 1.29 is 14.2 Å². The molecule has 0 saturated heterocycles. The fourth-order valence-electron chi connectivity index (χ4n) is 1.77. The molecule has 0 saturated carbocycles. The summed E-state index contributed by atoms with van der Waals surface area (Å²) >= 11 is 0. The van der Waals surface area contributed by atoms with Gasteiger partial charge in [-0.3, -0.25) is 9.88 Å². The van der Waals surface area contributed by atoms with Gasteiger partial charge in [0.15, 0.2) is 0 Å². The number of aliphatic hydroxyl groups is 1. The van der Waals surface area contributed by atoms with Gasteiger partial charge in [0.05, 0.1) is 25.1 Å². The van der Waals surface area contributed by atoms with Gasteiger partial charge in [-0.15, -0.1) is 0 Å². The Kier molecular flexibility index (Phi) is 7.50. The molecule has 6 heteroatoms. The number of hydrogen-bond donors (Lipinski definition) is 2. The van der Waals surface area contributed by atoms with Crippen molar-refractivity contribution in [3.05, 3.63) is 29.8 Å². The molecule has 0 spiro atoms. The van der Waals surface area contributed by atoms with E-state index in [-0.39, 0.29) is 18.5 Å². The highest BCUT2D eigenvalue weighted by atomic mass is 19.1. The van der Waals surface area contributed by atoms with E-state index >= 15 is 0 Å². The number of nitrogens with two attached hydrogens (primary N) is 1. The molecule has 1 unspecified atom stereocenters. The molecule has 5 nitrogen and oxygen atoms in total. The number of ether oxygens (including phenoxy) is 1. The Hall–Kier alpha value is -1.08. The Labute approximate surface area is 113 Å². The number of aromatic nitrogens is 1. The molecular formula is C13H22FN3O2. The molecule has 3 N–H and O–H groups in total. The lowest BCUT2D eigenvalue weighted by atomic mass is 10.1. The van der Waals surface area contributed by atoms with Gasteiger partial charge >= 0.3 is 0 Å². The first-order chi connectivity index (χ1) is 9.17. The van der Waals surface area contributed by atoms with Gasteiger partial charge < -0.3 is 15.6 Å². The predicted octanol–water partition coefficient (Wildman–Crippen LogP) is 0.551. The van der Waals surface area contributed by atoms with Crippen LogP contribution in [0, 0.1) is 5.82 Å². The number of methoxy groups -OCH3 is 1. The first-order valence-corrected chi connectivity index (χ1v) is 6.36. The second-order valence-corrected chi connectivity index (χ2v) is 4.35. The average Bonchev–Trinajstić information content (AvgIpc) is 2.42. The maximum absolute atomic E-state index is 12.8. The summed E-state index contributed by atoms with van der Waals surface area (Å²) in [4.78, 5) is 6.05. The summed E-state index contributed by atoms with van der Waals surface area (Å²) < 4.78 is 17.8. The van der Waals surface area contributed by atoms with Crippen molar-refractivity contribution in [3.8, 4) is 0 Å². The number of aliphatic hydroxyl groups excluding tert-OH is 1. The molecule has 1 heterocycles. The van der Waals surface area contributed by atoms with Gasteiger partial charge in [-0.05, 0) is 18.6 Å². The van der Waals surface area contributed by atoms with Crippen LogP contribution in [-0.4, -0.2) is 54.9 Å². The van der Waals surface area contributed by atoms with Crippen LogP contribution in [0.25, 0.3) is 0 Å². The third-order valence-electron chi connectivity index (χ3n) is 2.91. The SMILES string of the molecule is COCCN(CCO)CCC(N)c1ccc(F)cn1. The molecule has 0 aliphatic heterocycles. The lowest BCUT2D eigenvalue weighted by Gasteiger charge is -2.22. The molecule has 0 radical (unpaired) electrons. The lowest BCUT2D eigenvalue weighted by molar-refractivity contribution is 0.128. The van der Waals surface area contributed by atoms with Gasteiger partial charge in [0.1, 0.15) is 5.82 Å². The Bertz CT molecular complexity index is 348. The number of halogens is 1. The molecular weight excluding hydrogens is 249 g/mol. The van der Waals surface area contributed by atoms with Crippen molar-refractivity contribution in [3.63, 3.8) is 0 Å². The van der Waals surface area contributed by atoms with Crippen molar-refractivity contribution in [1.29, 1.82) is 0 Å². The highest BCUT2D eigenvalue weighted by Gasteiger charge is 2.11. The van der Waals surface area contributed by atoms with Crippen LogP contribution in [0.15, 0.2) is 18.3 Å². The molecule has 0 amide bonds. The standard InChI is InChI=1S/C13H22FN3O2/c1-19-9-7-17(6-8-18)5-4-12(15)13-3-2-11(14)10-16-13/h2-3,10,12,18H,4-9,15H2,1H3. The van der Waals surface area contributed by atoms with Crippen LogP contribution in [0.4, 0.5) is 4.39 Å². The van der Waals surface area contributed by atoms with Gasteiger partial charge in [-0.1, -0.05) is 0 Å². The summed E-state index contributed by atoms with van der Waals surface area (Å²) in [5.41, 5.74) is 6.69. The van der Waals surface area contributed by atoms with E-state index in [2.05, 4.69) is 9.88 Å². The Morgan fingerprint density at radius 1 is 1.42 bits per heavy atom. The summed E-state index contributed by atoms with van der Waals surface area (Å²) in [5.74, 6) is -0.363. The minimum absolute atomic E-state index is 0.105. The highest BCUT2D eigenvalue weighted by Crippen LogP contribution is 2.12. The number of nitrogens with zero attached hydrogens (tertiary/aromatic N) is 2. The van der Waals surface area contributed by atoms with E-state index in [0.717, 1.165) is 13.1 Å². The second kappa shape index (κ2) is 8.92. The molecule has 1 aromatic rings. The van der Waals surface area contributed by atoms with E-state index in [9.17, 15) is 4.39 Å². The van der Waals surface area contributed by atoms with Crippen molar-refractivity contribution in [2.75, 3.05) is 40.0 Å². The van der Waals surface area contributed by atoms with Crippen LogP contribution in [0.1, 0.15) is 18.2 Å². The highest BCUT2D eigenvalue weighted by molar-refractivity contribution is 5.09. The van der Waals surface area contributed by atoms with Crippen LogP contribution < -0.4 is 5.73 Å². The van der Waals surface area contributed by atoms with E-state index < -0.39 is 0 Å². The van der Waals surface area contributed by atoms with Crippen LogP contribution in [0.5, 0.6) is 0 Å². The predicted molar refractivity (Wildman–Crippen MR) is 71.1 cm³/mol. The van der Waals surface area contributed by atoms with Crippen LogP contribution >= 0.6 is 0 Å². The summed E-state index contributed by atoms with van der Waals surface area (Å²) in [6, 6.07) is 2.73. The third-order valence-corrected chi connectivity index (χ3v) is 2.91. The van der Waals surface area contributed by atoms with E-state index in [4.69, 9.17) is 15.6 Å². The Morgan fingerprint density at radius 3 is 2.79 bits per heavy atom. The summed E-state index contributed by atoms with van der Waals surface area (Å²) in [5, 5.41) is 8.98. The molecule has 0 fully saturated rings. The second-order valence-electron chi connectivity index (χ2n) is 4.35. The normalized spacial score (nSPS) is 12.9. The zero-order valence-electron chi connectivity index (χ0n) is 11.3. The first-order valence-electron chi connectivity index (χ1n) is 6.36. The Balaban J connectivity index is 2.41. The zero-order valence-corrected chi connectivity index (χ0v) is 11.3. The van der Waals surface area contributed by atoms with E-state index in [0.29, 0.717) is 25.3 Å². The number of hydrogen-bond acceptors (Lipinski definition) is 5. The molecule has 0 aliphatic rings. The smallest absolute Gasteiger partial charge is 0.141 e. The molecule has 1 aromatic heterocycles. The van der Waals surface area contributed by atoms with Gasteiger partial charge in [-0.25, -0.2) is 4.39 Å². The molecule has 108 valence electrons. The molecule has 0 aliphatic carbocycles. The third kappa shape index (κ3) is 6.07. The quantitative estimate of drug-likeness (QED) is 0.686. The largest absolute Gasteiger partial charge is 0.395 e. The van der Waals surface area contributed by atoms with Gasteiger partial charge in [0, 0.05) is 32.8 Å². The zero-order chi connectivity index (χ0) is 14.1. The summed E-state index contributed by atoms with van der Waals surface area (Å²) in [6.45, 7) is 2.80. The summed E-state index contributed by atoms with van der Waals surface area (Å²) in [6.07, 6.45) is 1.87. The maximum atomic E-state index is 12.8. The molecule has 0 bridgehead atoms. The minimum Gasteiger partial charge on any atom is -0.395 e. The topological polar surface area (TPSA) is 71.6 Å². The van der Waals surface area contributed by atoms with Gasteiger partial charge in [-0.2, -0.15) is 0 Å². The summed E-state index contributed by atoms with van der Waals surface area (Å²) in [7, 11) is 1.64. The molecule has 19 heavy (non-hydrogen) atoms. The van der Waals surface area contributed by atoms with E-state index in [1.165, 1.54) is 12.3 Å². The van der Waals surface area contributed by atoms with Crippen LogP contribution in [-0.2, 0) is 4.74 Å². The van der Waals surface area contributed by atoms with Crippen LogP contribution in [0.2, 0.25) is 0 Å². The first kappa shape index (κ1) is 16.0. The molecule has 0 aromatic carbocycles. The Morgan fingerprint density at radius 2 is 2.21 bits per heavy atom. The lowest BCUT2D eigenvalue weighted by Crippen LogP contribution is -2.33. The van der Waals surface area contributed by atoms with Crippen molar-refractivity contribution >= 4 is 0 Å². The minimum atomic E-state index is -0.363. The average molecular weight is 271 g/mol. The fourth-order valence-corrected chi connectivity index (χ4v) is 1.77. The van der Waals surface area contributed by atoms with Gasteiger partial charge in [0.25, 0.3) is 0 Å². The van der Waals surface area contributed by atoms with E-state index in [1.54, 1.807) is 13.2 Å². The number of pyridine rings is 1. The van der Waals surface area contributed by atoms with Gasteiger partial charge in [0.2, 0.25) is 0 Å². The van der Waals surface area contributed by atoms with Crippen molar-refractivity contribution in [2.45, 2.75) is 12.5 Å². The number of rotatable bonds is 9. The monoisotopic (exact) mass is 271 g/mol. The van der Waals surface area contributed by atoms with Crippen molar-refractivity contribution in [2.24, 2.45) is 5.73 Å². The van der Waals surface area contributed by atoms with Crippen molar-refractivity contribution in [1.82, 2.24) is 9.88 Å². The maximum Gasteiger partial charge on any atom is 0.141 e. The molecule has 1 rings (SSSR count). The van der Waals surface area contributed by atoms with E-state index in [1.807, 2.05) is 0 Å².